The van der Waals surface area contributed by atoms with Gasteiger partial charge in [0.15, 0.2) is 10.9 Å². The van der Waals surface area contributed by atoms with Crippen LogP contribution in [-0.4, -0.2) is 53.4 Å². The molecular weight excluding hydrogens is 423 g/mol. The lowest BCUT2D eigenvalue weighted by Gasteiger charge is -2.35. The number of rotatable bonds is 4. The zero-order valence-electron chi connectivity index (χ0n) is 18.3. The second-order valence-electron chi connectivity index (χ2n) is 9.67. The Kier molecular flexibility index (Phi) is 5.26. The number of hydrogen-bond acceptors (Lipinski definition) is 5. The van der Waals surface area contributed by atoms with Crippen LogP contribution in [-0.2, 0) is 6.42 Å². The molecule has 2 aliphatic heterocycles. The molecule has 0 amide bonds. The van der Waals surface area contributed by atoms with E-state index in [-0.39, 0.29) is 5.82 Å². The first kappa shape index (κ1) is 20.4. The van der Waals surface area contributed by atoms with Gasteiger partial charge in [-0.15, -0.1) is 0 Å². The number of carbonyl (C=O) groups is 1. The Morgan fingerprint density at radius 1 is 1.12 bits per heavy atom. The van der Waals surface area contributed by atoms with Gasteiger partial charge in [0.1, 0.15) is 5.82 Å². The predicted molar refractivity (Wildman–Crippen MR) is 126 cm³/mol. The van der Waals surface area contributed by atoms with E-state index in [2.05, 4.69) is 21.0 Å². The van der Waals surface area contributed by atoms with Gasteiger partial charge in [0.25, 0.3) is 0 Å². The molecule has 2 saturated heterocycles. The van der Waals surface area contributed by atoms with Crippen LogP contribution in [0.3, 0.4) is 0 Å². The van der Waals surface area contributed by atoms with Crippen molar-refractivity contribution in [2.45, 2.75) is 44.4 Å². The normalized spacial score (nSPS) is 22.7. The Labute approximate surface area is 191 Å². The third-order valence-electron chi connectivity index (χ3n) is 7.49. The van der Waals surface area contributed by atoms with Gasteiger partial charge in [-0.3, -0.25) is 4.79 Å². The fourth-order valence-electron chi connectivity index (χ4n) is 5.82. The van der Waals surface area contributed by atoms with Gasteiger partial charge in [-0.1, -0.05) is 11.3 Å². The Balaban J connectivity index is 1.08. The molecule has 0 radical (unpaired) electrons. The summed E-state index contributed by atoms with van der Waals surface area (Å²) in [6.07, 6.45) is 8.31. The van der Waals surface area contributed by atoms with Crippen LogP contribution >= 0.6 is 11.3 Å². The Morgan fingerprint density at radius 2 is 1.94 bits per heavy atom. The summed E-state index contributed by atoms with van der Waals surface area (Å²) < 4.78 is 13.5. The highest BCUT2D eigenvalue weighted by atomic mass is 32.1. The summed E-state index contributed by atoms with van der Waals surface area (Å²) in [5.74, 6) is 0.974. The molecule has 32 heavy (non-hydrogen) atoms. The van der Waals surface area contributed by atoms with Crippen molar-refractivity contribution in [3.63, 3.8) is 0 Å². The number of halogens is 1. The van der Waals surface area contributed by atoms with E-state index >= 15 is 0 Å². The Bertz CT molecular complexity index is 1140. The van der Waals surface area contributed by atoms with Crippen molar-refractivity contribution in [3.8, 4) is 0 Å². The second-order valence-corrected chi connectivity index (χ2v) is 10.7. The molecule has 7 heteroatoms. The highest BCUT2D eigenvalue weighted by molar-refractivity contribution is 7.17. The number of aromatic amines is 1. The number of benzene rings is 1. The molecule has 4 heterocycles. The lowest BCUT2D eigenvalue weighted by atomic mass is 9.86. The molecule has 168 valence electrons. The van der Waals surface area contributed by atoms with Gasteiger partial charge in [0.2, 0.25) is 0 Å². The number of likely N-dealkylation sites (tertiary alicyclic amines) is 1. The number of thiazole rings is 1. The molecule has 6 rings (SSSR count). The highest BCUT2D eigenvalue weighted by Crippen LogP contribution is 2.37. The van der Waals surface area contributed by atoms with Crippen LogP contribution < -0.4 is 4.90 Å². The fraction of sp³-hybridized carbons (Fsp3) is 0.520. The number of H-pyrrole nitrogens is 1. The smallest absolute Gasteiger partial charge is 0.186 e. The second kappa shape index (κ2) is 8.27. The number of anilines is 1. The van der Waals surface area contributed by atoms with Gasteiger partial charge < -0.3 is 14.8 Å². The van der Waals surface area contributed by atoms with Crippen LogP contribution in [0.15, 0.2) is 24.4 Å². The molecule has 2 fully saturated rings. The van der Waals surface area contributed by atoms with E-state index in [1.807, 2.05) is 6.07 Å². The van der Waals surface area contributed by atoms with E-state index in [1.165, 1.54) is 18.4 Å². The van der Waals surface area contributed by atoms with Gasteiger partial charge in [0.05, 0.1) is 10.6 Å². The van der Waals surface area contributed by atoms with Crippen molar-refractivity contribution in [2.24, 2.45) is 5.92 Å². The average molecular weight is 453 g/mol. The molecule has 0 saturated carbocycles. The summed E-state index contributed by atoms with van der Waals surface area (Å²) >= 11 is 1.61. The molecule has 1 unspecified atom stereocenters. The molecule has 0 bridgehead atoms. The third-order valence-corrected chi connectivity index (χ3v) is 8.69. The van der Waals surface area contributed by atoms with E-state index in [0.29, 0.717) is 24.0 Å². The summed E-state index contributed by atoms with van der Waals surface area (Å²) in [7, 11) is 0. The first-order chi connectivity index (χ1) is 15.6. The Hall–Kier alpha value is -2.25. The number of Topliss-reactive ketones (excluding diaryl/α,β-unsaturated/α-hetero) is 1. The van der Waals surface area contributed by atoms with Crippen molar-refractivity contribution < 1.29 is 9.18 Å². The largest absolute Gasteiger partial charge is 0.361 e. The number of piperidine rings is 1. The summed E-state index contributed by atoms with van der Waals surface area (Å²) in [6, 6.07) is 5.03. The molecule has 3 aliphatic rings. The number of hydrogen-bond donors (Lipinski definition) is 1. The van der Waals surface area contributed by atoms with E-state index in [9.17, 15) is 9.18 Å². The van der Waals surface area contributed by atoms with Crippen LogP contribution in [0.1, 0.15) is 59.0 Å². The predicted octanol–water partition coefficient (Wildman–Crippen LogP) is 4.99. The standard InChI is InChI=1S/C25H29FN4OS/c26-18-3-4-19-20(14-27-21(19)13-18)17-5-9-29(10-6-17)15-16-11-22-24(23(31)12-16)32-25(28-22)30-7-1-2-8-30/h3-4,13-14,16-17,27H,1-2,5-12,15H2. The van der Waals surface area contributed by atoms with Crippen molar-refractivity contribution in [1.82, 2.24) is 14.9 Å². The maximum atomic E-state index is 13.5. The molecular formula is C25H29FN4OS. The van der Waals surface area contributed by atoms with E-state index in [0.717, 1.165) is 78.6 Å². The molecule has 1 N–H and O–H groups in total. The zero-order valence-corrected chi connectivity index (χ0v) is 19.1. The number of fused-ring (bicyclic) bond motifs is 2. The summed E-state index contributed by atoms with van der Waals surface area (Å²) in [5.41, 5.74) is 3.24. The minimum atomic E-state index is -0.196. The van der Waals surface area contributed by atoms with Gasteiger partial charge in [-0.05, 0) is 80.8 Å². The molecule has 5 nitrogen and oxygen atoms in total. The molecule has 2 aromatic heterocycles. The molecule has 3 aromatic rings. The van der Waals surface area contributed by atoms with Gasteiger partial charge in [-0.25, -0.2) is 9.37 Å². The zero-order chi connectivity index (χ0) is 21.7. The molecule has 0 spiro atoms. The van der Waals surface area contributed by atoms with Crippen LogP contribution in [0.2, 0.25) is 0 Å². The highest BCUT2D eigenvalue weighted by Gasteiger charge is 2.32. The Morgan fingerprint density at radius 3 is 2.75 bits per heavy atom. The fourth-order valence-corrected chi connectivity index (χ4v) is 6.91. The van der Waals surface area contributed by atoms with Crippen molar-refractivity contribution >= 4 is 33.2 Å². The summed E-state index contributed by atoms with van der Waals surface area (Å²) in [6.45, 7) is 5.22. The maximum Gasteiger partial charge on any atom is 0.186 e. The maximum absolute atomic E-state index is 13.5. The minimum absolute atomic E-state index is 0.196. The van der Waals surface area contributed by atoms with E-state index in [4.69, 9.17) is 4.98 Å². The minimum Gasteiger partial charge on any atom is -0.361 e. The lowest BCUT2D eigenvalue weighted by molar-refractivity contribution is 0.0925. The van der Waals surface area contributed by atoms with Crippen LogP contribution in [0.5, 0.6) is 0 Å². The summed E-state index contributed by atoms with van der Waals surface area (Å²) in [5, 5.41) is 2.20. The lowest BCUT2D eigenvalue weighted by Crippen LogP contribution is -2.38. The van der Waals surface area contributed by atoms with Crippen LogP contribution in [0, 0.1) is 11.7 Å². The van der Waals surface area contributed by atoms with Gasteiger partial charge >= 0.3 is 0 Å². The monoisotopic (exact) mass is 452 g/mol. The number of ketones is 1. The quantitative estimate of drug-likeness (QED) is 0.606. The summed E-state index contributed by atoms with van der Waals surface area (Å²) in [4.78, 5) is 26.7. The van der Waals surface area contributed by atoms with Crippen LogP contribution in [0.25, 0.3) is 10.9 Å². The number of carbonyl (C=O) groups excluding carboxylic acids is 1. The molecule has 1 aliphatic carbocycles. The SMILES string of the molecule is O=C1CC(CN2CCC(c3c[nH]c4cc(F)ccc34)CC2)Cc2nc(N3CCCC3)sc21. The van der Waals surface area contributed by atoms with Gasteiger partial charge in [0, 0.05) is 43.2 Å². The van der Waals surface area contributed by atoms with Crippen molar-refractivity contribution in [1.29, 1.82) is 0 Å². The van der Waals surface area contributed by atoms with Crippen molar-refractivity contribution in [3.05, 3.63) is 46.3 Å². The number of nitrogens with zero attached hydrogens (tertiary/aromatic N) is 3. The molecule has 1 atom stereocenters. The van der Waals surface area contributed by atoms with Crippen LogP contribution in [0.4, 0.5) is 9.52 Å². The average Bonchev–Trinajstić information content (AvgIpc) is 3.53. The van der Waals surface area contributed by atoms with E-state index in [1.54, 1.807) is 23.5 Å². The number of nitrogens with one attached hydrogen (secondary N) is 1. The van der Waals surface area contributed by atoms with Gasteiger partial charge in [-0.2, -0.15) is 0 Å². The van der Waals surface area contributed by atoms with Crippen molar-refractivity contribution in [2.75, 3.05) is 37.6 Å². The first-order valence-electron chi connectivity index (χ1n) is 11.9. The molecule has 1 aromatic carbocycles. The van der Waals surface area contributed by atoms with E-state index < -0.39 is 0 Å². The number of aromatic nitrogens is 2. The first-order valence-corrected chi connectivity index (χ1v) is 12.7. The third kappa shape index (κ3) is 3.75. The topological polar surface area (TPSA) is 52.2 Å².